The van der Waals surface area contributed by atoms with Crippen LogP contribution >= 0.6 is 0 Å². The van der Waals surface area contributed by atoms with Crippen molar-refractivity contribution in [1.29, 1.82) is 0 Å². The zero-order valence-electron chi connectivity index (χ0n) is 13.5. The summed E-state index contributed by atoms with van der Waals surface area (Å²) >= 11 is 0. The predicted octanol–water partition coefficient (Wildman–Crippen LogP) is 3.24. The van der Waals surface area contributed by atoms with Crippen LogP contribution in [0.15, 0.2) is 42.5 Å². The van der Waals surface area contributed by atoms with Gasteiger partial charge in [-0.3, -0.25) is 15.0 Å². The molecule has 0 unspecified atom stereocenters. The second-order valence-corrected chi connectivity index (χ2v) is 5.28. The van der Waals surface area contributed by atoms with Gasteiger partial charge in [-0.15, -0.1) is 0 Å². The fraction of sp³-hybridized carbons (Fsp3) is 0.294. The van der Waals surface area contributed by atoms with Crippen molar-refractivity contribution < 1.29 is 14.4 Å². The summed E-state index contributed by atoms with van der Waals surface area (Å²) in [6.07, 6.45) is 0. The standard InChI is InChI=1S/C17H20N2O4/c1-18(11-13-4-7-15(22-2)8-5-13)12-14-6-9-17(23-3)16(10-14)19(20)21/h4-10H,11-12H2,1-3H3. The van der Waals surface area contributed by atoms with Gasteiger partial charge in [0.05, 0.1) is 19.1 Å². The zero-order chi connectivity index (χ0) is 16.8. The summed E-state index contributed by atoms with van der Waals surface area (Å²) in [5, 5.41) is 11.1. The van der Waals surface area contributed by atoms with Crippen LogP contribution in [0, 0.1) is 10.1 Å². The lowest BCUT2D eigenvalue weighted by atomic mass is 10.1. The molecule has 6 heteroatoms. The summed E-state index contributed by atoms with van der Waals surface area (Å²) in [5.74, 6) is 1.10. The molecule has 2 aromatic rings. The lowest BCUT2D eigenvalue weighted by molar-refractivity contribution is -0.385. The minimum Gasteiger partial charge on any atom is -0.497 e. The average Bonchev–Trinajstić information content (AvgIpc) is 2.55. The van der Waals surface area contributed by atoms with Crippen molar-refractivity contribution in [1.82, 2.24) is 4.90 Å². The van der Waals surface area contributed by atoms with Gasteiger partial charge in [0.2, 0.25) is 0 Å². The second kappa shape index (κ2) is 7.60. The van der Waals surface area contributed by atoms with Crippen molar-refractivity contribution >= 4 is 5.69 Å². The Labute approximate surface area is 135 Å². The minimum atomic E-state index is -0.425. The molecule has 23 heavy (non-hydrogen) atoms. The highest BCUT2D eigenvalue weighted by Gasteiger charge is 2.15. The summed E-state index contributed by atoms with van der Waals surface area (Å²) in [6.45, 7) is 1.35. The molecule has 0 aliphatic heterocycles. The lowest BCUT2D eigenvalue weighted by Gasteiger charge is -2.17. The van der Waals surface area contributed by atoms with Crippen LogP contribution in [0.2, 0.25) is 0 Å². The van der Waals surface area contributed by atoms with Crippen molar-refractivity contribution in [3.8, 4) is 11.5 Å². The third-order valence-electron chi connectivity index (χ3n) is 3.50. The predicted molar refractivity (Wildman–Crippen MR) is 87.8 cm³/mol. The van der Waals surface area contributed by atoms with Crippen LogP contribution in [0.3, 0.4) is 0 Å². The molecule has 122 valence electrons. The number of ether oxygens (including phenoxy) is 2. The molecule has 0 saturated heterocycles. The van der Waals surface area contributed by atoms with E-state index < -0.39 is 4.92 Å². The van der Waals surface area contributed by atoms with Crippen LogP contribution in [0.1, 0.15) is 11.1 Å². The quantitative estimate of drug-likeness (QED) is 0.579. The maximum atomic E-state index is 11.1. The highest BCUT2D eigenvalue weighted by Crippen LogP contribution is 2.28. The van der Waals surface area contributed by atoms with Gasteiger partial charge in [-0.05, 0) is 36.4 Å². The number of nitro groups is 1. The molecule has 0 spiro atoms. The van der Waals surface area contributed by atoms with Crippen molar-refractivity contribution in [2.75, 3.05) is 21.3 Å². The average molecular weight is 316 g/mol. The maximum Gasteiger partial charge on any atom is 0.311 e. The van der Waals surface area contributed by atoms with Gasteiger partial charge in [0, 0.05) is 19.2 Å². The highest BCUT2D eigenvalue weighted by molar-refractivity contribution is 5.48. The molecule has 0 aliphatic rings. The van der Waals surface area contributed by atoms with E-state index in [1.807, 2.05) is 37.4 Å². The Hall–Kier alpha value is -2.60. The fourth-order valence-electron chi connectivity index (χ4n) is 2.39. The Morgan fingerprint density at radius 2 is 1.61 bits per heavy atom. The van der Waals surface area contributed by atoms with E-state index in [-0.39, 0.29) is 11.4 Å². The van der Waals surface area contributed by atoms with E-state index >= 15 is 0 Å². The molecule has 0 N–H and O–H groups in total. The number of rotatable bonds is 7. The molecule has 0 aromatic heterocycles. The maximum absolute atomic E-state index is 11.1. The molecule has 0 aliphatic carbocycles. The molecule has 6 nitrogen and oxygen atoms in total. The van der Waals surface area contributed by atoms with Crippen molar-refractivity contribution in [3.05, 3.63) is 63.7 Å². The summed E-state index contributed by atoms with van der Waals surface area (Å²) in [7, 11) is 5.04. The molecular weight excluding hydrogens is 296 g/mol. The van der Waals surface area contributed by atoms with Gasteiger partial charge in [0.1, 0.15) is 5.75 Å². The number of hydrogen-bond donors (Lipinski definition) is 0. The van der Waals surface area contributed by atoms with E-state index in [0.29, 0.717) is 6.54 Å². The molecular formula is C17H20N2O4. The van der Waals surface area contributed by atoms with Crippen LogP contribution in [0.4, 0.5) is 5.69 Å². The van der Waals surface area contributed by atoms with Crippen LogP contribution in [-0.4, -0.2) is 31.1 Å². The summed E-state index contributed by atoms with van der Waals surface area (Å²) in [6, 6.07) is 12.9. The van der Waals surface area contributed by atoms with E-state index in [4.69, 9.17) is 9.47 Å². The van der Waals surface area contributed by atoms with Gasteiger partial charge in [-0.2, -0.15) is 0 Å². The second-order valence-electron chi connectivity index (χ2n) is 5.28. The molecule has 2 aromatic carbocycles. The van der Waals surface area contributed by atoms with Crippen molar-refractivity contribution in [2.45, 2.75) is 13.1 Å². The van der Waals surface area contributed by atoms with Crippen LogP contribution in [0.25, 0.3) is 0 Å². The monoisotopic (exact) mass is 316 g/mol. The first-order chi connectivity index (χ1) is 11.0. The number of nitrogens with zero attached hydrogens (tertiary/aromatic N) is 2. The molecule has 0 atom stereocenters. The molecule has 0 fully saturated rings. The zero-order valence-corrected chi connectivity index (χ0v) is 13.5. The first-order valence-corrected chi connectivity index (χ1v) is 7.16. The third kappa shape index (κ3) is 4.43. The Morgan fingerprint density at radius 3 is 2.17 bits per heavy atom. The molecule has 2 rings (SSSR count). The smallest absolute Gasteiger partial charge is 0.311 e. The SMILES string of the molecule is COc1ccc(CN(C)Cc2ccc(OC)c([N+](=O)[O-])c2)cc1. The van der Waals surface area contributed by atoms with Gasteiger partial charge in [0.25, 0.3) is 0 Å². The van der Waals surface area contributed by atoms with Crippen molar-refractivity contribution in [3.63, 3.8) is 0 Å². The Bertz CT molecular complexity index is 671. The summed E-state index contributed by atoms with van der Waals surface area (Å²) in [4.78, 5) is 12.7. The van der Waals surface area contributed by atoms with Gasteiger partial charge >= 0.3 is 5.69 Å². The normalized spacial score (nSPS) is 10.6. The number of methoxy groups -OCH3 is 2. The number of nitro benzene ring substituents is 1. The lowest BCUT2D eigenvalue weighted by Crippen LogP contribution is -2.17. The van der Waals surface area contributed by atoms with Crippen LogP contribution < -0.4 is 9.47 Å². The largest absolute Gasteiger partial charge is 0.497 e. The number of benzene rings is 2. The Balaban J connectivity index is 2.05. The number of hydrogen-bond acceptors (Lipinski definition) is 5. The first kappa shape index (κ1) is 16.8. The molecule has 0 amide bonds. The van der Waals surface area contributed by atoms with Crippen molar-refractivity contribution in [2.24, 2.45) is 0 Å². The molecule has 0 bridgehead atoms. The molecule has 0 radical (unpaired) electrons. The van der Waals surface area contributed by atoms with Crippen LogP contribution in [0.5, 0.6) is 11.5 Å². The highest BCUT2D eigenvalue weighted by atomic mass is 16.6. The van der Waals surface area contributed by atoms with Gasteiger partial charge in [0.15, 0.2) is 5.75 Å². The molecule has 0 saturated carbocycles. The van der Waals surface area contributed by atoms with Gasteiger partial charge in [-0.1, -0.05) is 18.2 Å². The minimum absolute atomic E-state index is 0.0113. The summed E-state index contributed by atoms with van der Waals surface area (Å²) in [5.41, 5.74) is 2.01. The van der Waals surface area contributed by atoms with Gasteiger partial charge < -0.3 is 9.47 Å². The first-order valence-electron chi connectivity index (χ1n) is 7.16. The van der Waals surface area contributed by atoms with E-state index in [2.05, 4.69) is 4.90 Å². The van der Waals surface area contributed by atoms with E-state index in [9.17, 15) is 10.1 Å². The fourth-order valence-corrected chi connectivity index (χ4v) is 2.39. The Morgan fingerprint density at radius 1 is 1.00 bits per heavy atom. The van der Waals surface area contributed by atoms with Gasteiger partial charge in [-0.25, -0.2) is 0 Å². The third-order valence-corrected chi connectivity index (χ3v) is 3.50. The topological polar surface area (TPSA) is 64.8 Å². The van der Waals surface area contributed by atoms with E-state index in [1.54, 1.807) is 19.2 Å². The molecule has 0 heterocycles. The Kier molecular flexibility index (Phi) is 5.54. The van der Waals surface area contributed by atoms with Crippen LogP contribution in [-0.2, 0) is 13.1 Å². The van der Waals surface area contributed by atoms with E-state index in [1.165, 1.54) is 7.11 Å². The van der Waals surface area contributed by atoms with E-state index in [0.717, 1.165) is 23.4 Å². The summed E-state index contributed by atoms with van der Waals surface area (Å²) < 4.78 is 10.2.